The molecule has 0 unspecified atom stereocenters. The molecule has 0 aliphatic rings. The quantitative estimate of drug-likeness (QED) is 0.598. The average Bonchev–Trinajstić information content (AvgIpc) is 2.36. The predicted molar refractivity (Wildman–Crippen MR) is 67.4 cm³/mol. The van der Waals surface area contributed by atoms with Gasteiger partial charge in [-0.25, -0.2) is 4.79 Å². The highest BCUT2D eigenvalue weighted by Gasteiger charge is 1.96. The van der Waals surface area contributed by atoms with Gasteiger partial charge in [-0.1, -0.05) is 12.1 Å². The number of hydrogen-bond acceptors (Lipinski definition) is 3. The summed E-state index contributed by atoms with van der Waals surface area (Å²) < 4.78 is 4.81. The molecule has 0 spiro atoms. The molecule has 1 heterocycles. The van der Waals surface area contributed by atoms with Gasteiger partial charge >= 0.3 is 5.97 Å². The van der Waals surface area contributed by atoms with Crippen molar-refractivity contribution in [2.24, 2.45) is 0 Å². The molecule has 3 nitrogen and oxygen atoms in total. The van der Waals surface area contributed by atoms with Crippen molar-refractivity contribution in [3.63, 3.8) is 0 Å². The molecular formula is C14H13NO2. The Labute approximate surface area is 99.7 Å². The first-order chi connectivity index (χ1) is 8.29. The molecule has 1 aromatic carbocycles. The van der Waals surface area contributed by atoms with Crippen molar-refractivity contribution >= 4 is 22.8 Å². The van der Waals surface area contributed by atoms with Crippen LogP contribution in [0.2, 0.25) is 0 Å². The van der Waals surface area contributed by atoms with Crippen molar-refractivity contribution in [3.05, 3.63) is 48.3 Å². The molecule has 0 aliphatic heterocycles. The smallest absolute Gasteiger partial charge is 0.330 e. The molecule has 0 fully saturated rings. The zero-order chi connectivity index (χ0) is 12.1. The molecule has 1 aromatic heterocycles. The molecule has 0 radical (unpaired) electrons. The Bertz CT molecular complexity index is 561. The highest BCUT2D eigenvalue weighted by molar-refractivity contribution is 5.89. The first-order valence-electron chi connectivity index (χ1n) is 5.48. The molecule has 0 amide bonds. The zero-order valence-electron chi connectivity index (χ0n) is 9.59. The highest BCUT2D eigenvalue weighted by Crippen LogP contribution is 2.15. The Morgan fingerprint density at radius 2 is 2.24 bits per heavy atom. The lowest BCUT2D eigenvalue weighted by Gasteiger charge is -1.99. The molecule has 2 rings (SSSR count). The normalized spacial score (nSPS) is 10.9. The third-order valence-electron chi connectivity index (χ3n) is 2.36. The summed E-state index contributed by atoms with van der Waals surface area (Å²) in [5, 5.41) is 2.19. The van der Waals surface area contributed by atoms with E-state index < -0.39 is 0 Å². The number of hydrogen-bond donors (Lipinski definition) is 0. The maximum atomic E-state index is 11.2. The molecule has 0 aliphatic carbocycles. The van der Waals surface area contributed by atoms with Gasteiger partial charge in [-0.2, -0.15) is 0 Å². The number of ether oxygens (including phenoxy) is 1. The number of aromatic nitrogens is 1. The van der Waals surface area contributed by atoms with Gasteiger partial charge in [0.1, 0.15) is 0 Å². The number of esters is 1. The number of carbonyl (C=O) groups excluding carboxylic acids is 1. The lowest BCUT2D eigenvalue weighted by atomic mass is 10.1. The second-order valence-electron chi connectivity index (χ2n) is 3.57. The lowest BCUT2D eigenvalue weighted by molar-refractivity contribution is -0.137. The van der Waals surface area contributed by atoms with Gasteiger partial charge in [0.15, 0.2) is 0 Å². The van der Waals surface area contributed by atoms with Crippen LogP contribution in [0.3, 0.4) is 0 Å². The number of nitrogens with zero attached hydrogens (tertiary/aromatic N) is 1. The lowest BCUT2D eigenvalue weighted by Crippen LogP contribution is -1.98. The van der Waals surface area contributed by atoms with Crippen LogP contribution in [0.25, 0.3) is 16.8 Å². The van der Waals surface area contributed by atoms with Crippen LogP contribution in [0.4, 0.5) is 0 Å². The van der Waals surface area contributed by atoms with Crippen LogP contribution in [0.5, 0.6) is 0 Å². The Morgan fingerprint density at radius 1 is 1.35 bits per heavy atom. The van der Waals surface area contributed by atoms with E-state index in [4.69, 9.17) is 4.74 Å². The molecule has 17 heavy (non-hydrogen) atoms. The number of pyridine rings is 1. The van der Waals surface area contributed by atoms with E-state index in [1.165, 1.54) is 6.08 Å². The van der Waals surface area contributed by atoms with E-state index in [1.807, 2.05) is 24.3 Å². The summed E-state index contributed by atoms with van der Waals surface area (Å²) in [5.41, 5.74) is 0.957. The zero-order valence-corrected chi connectivity index (χ0v) is 9.59. The van der Waals surface area contributed by atoms with Crippen molar-refractivity contribution in [2.75, 3.05) is 6.61 Å². The molecule has 0 saturated heterocycles. The van der Waals surface area contributed by atoms with Crippen molar-refractivity contribution in [1.29, 1.82) is 0 Å². The summed E-state index contributed by atoms with van der Waals surface area (Å²) in [4.78, 5) is 15.2. The molecule has 0 N–H and O–H groups in total. The van der Waals surface area contributed by atoms with Crippen LogP contribution in [0.1, 0.15) is 12.5 Å². The largest absolute Gasteiger partial charge is 0.463 e. The van der Waals surface area contributed by atoms with E-state index in [2.05, 4.69) is 4.98 Å². The van der Waals surface area contributed by atoms with Crippen LogP contribution in [0.15, 0.2) is 42.7 Å². The van der Waals surface area contributed by atoms with E-state index in [9.17, 15) is 4.79 Å². The fourth-order valence-corrected chi connectivity index (χ4v) is 1.56. The maximum Gasteiger partial charge on any atom is 0.330 e. The van der Waals surface area contributed by atoms with E-state index in [-0.39, 0.29) is 5.97 Å². The summed E-state index contributed by atoms with van der Waals surface area (Å²) in [6.45, 7) is 2.18. The van der Waals surface area contributed by atoms with Crippen LogP contribution in [-0.4, -0.2) is 17.6 Å². The SMILES string of the molecule is CCOC(=O)/C=C/c1ccc2ccncc2c1. The topological polar surface area (TPSA) is 39.2 Å². The maximum absolute atomic E-state index is 11.2. The molecule has 86 valence electrons. The Kier molecular flexibility index (Phi) is 3.50. The van der Waals surface area contributed by atoms with Crippen LogP contribution in [-0.2, 0) is 9.53 Å². The van der Waals surface area contributed by atoms with Crippen LogP contribution < -0.4 is 0 Å². The second kappa shape index (κ2) is 5.25. The van der Waals surface area contributed by atoms with Gasteiger partial charge in [-0.15, -0.1) is 0 Å². The molecule has 0 bridgehead atoms. The van der Waals surface area contributed by atoms with Gasteiger partial charge in [-0.3, -0.25) is 4.98 Å². The van der Waals surface area contributed by atoms with Crippen molar-refractivity contribution in [3.8, 4) is 0 Å². The van der Waals surface area contributed by atoms with Crippen molar-refractivity contribution in [1.82, 2.24) is 4.98 Å². The van der Waals surface area contributed by atoms with E-state index >= 15 is 0 Å². The summed E-state index contributed by atoms with van der Waals surface area (Å²) in [6.07, 6.45) is 6.74. The van der Waals surface area contributed by atoms with Crippen molar-refractivity contribution < 1.29 is 9.53 Å². The number of fused-ring (bicyclic) bond motifs is 1. The van der Waals surface area contributed by atoms with Gasteiger partial charge in [0.05, 0.1) is 6.61 Å². The minimum absolute atomic E-state index is 0.321. The monoisotopic (exact) mass is 227 g/mol. The Balaban J connectivity index is 2.22. The molecule has 0 saturated carbocycles. The van der Waals surface area contributed by atoms with Gasteiger partial charge in [-0.05, 0) is 36.1 Å². The standard InChI is InChI=1S/C14H13NO2/c1-2-17-14(16)6-4-11-3-5-12-7-8-15-10-13(12)9-11/h3-10H,2H2,1H3/b6-4+. The minimum Gasteiger partial charge on any atom is -0.463 e. The van der Waals surface area contributed by atoms with E-state index in [0.717, 1.165) is 16.3 Å². The highest BCUT2D eigenvalue weighted by atomic mass is 16.5. The van der Waals surface area contributed by atoms with Gasteiger partial charge < -0.3 is 4.74 Å². The third kappa shape index (κ3) is 2.91. The predicted octanol–water partition coefficient (Wildman–Crippen LogP) is 2.81. The summed E-state index contributed by atoms with van der Waals surface area (Å²) in [7, 11) is 0. The first kappa shape index (κ1) is 11.3. The molecule has 3 heteroatoms. The average molecular weight is 227 g/mol. The summed E-state index contributed by atoms with van der Waals surface area (Å²) in [6, 6.07) is 7.89. The van der Waals surface area contributed by atoms with Gasteiger partial charge in [0, 0.05) is 23.9 Å². The Morgan fingerprint density at radius 3 is 3.06 bits per heavy atom. The molecule has 0 atom stereocenters. The summed E-state index contributed by atoms with van der Waals surface area (Å²) >= 11 is 0. The number of benzene rings is 1. The minimum atomic E-state index is -0.321. The van der Waals surface area contributed by atoms with E-state index in [0.29, 0.717) is 6.61 Å². The summed E-state index contributed by atoms with van der Waals surface area (Å²) in [5.74, 6) is -0.321. The van der Waals surface area contributed by atoms with Gasteiger partial charge in [0.2, 0.25) is 0 Å². The van der Waals surface area contributed by atoms with Crippen molar-refractivity contribution in [2.45, 2.75) is 6.92 Å². The molecular weight excluding hydrogens is 214 g/mol. The second-order valence-corrected chi connectivity index (χ2v) is 3.57. The fourth-order valence-electron chi connectivity index (χ4n) is 1.56. The van der Waals surface area contributed by atoms with E-state index in [1.54, 1.807) is 25.4 Å². The first-order valence-corrected chi connectivity index (χ1v) is 5.48. The third-order valence-corrected chi connectivity index (χ3v) is 2.36. The fraction of sp³-hybridized carbons (Fsp3) is 0.143. The van der Waals surface area contributed by atoms with Gasteiger partial charge in [0.25, 0.3) is 0 Å². The van der Waals surface area contributed by atoms with Crippen LogP contribution in [0, 0.1) is 0 Å². The molecule has 2 aromatic rings. The number of rotatable bonds is 3. The number of carbonyl (C=O) groups is 1. The Hall–Kier alpha value is -2.16. The van der Waals surface area contributed by atoms with Crippen LogP contribution >= 0.6 is 0 Å².